The summed E-state index contributed by atoms with van der Waals surface area (Å²) in [7, 11) is 1.53. The number of likely N-dealkylation sites (tertiary alicyclic amines) is 1. The van der Waals surface area contributed by atoms with Gasteiger partial charge in [0.25, 0.3) is 5.91 Å². The number of methoxy groups -OCH3 is 1. The summed E-state index contributed by atoms with van der Waals surface area (Å²) in [5, 5.41) is 11.8. The van der Waals surface area contributed by atoms with Gasteiger partial charge in [0.05, 0.1) is 32.6 Å². The third-order valence-electron chi connectivity index (χ3n) is 7.32. The van der Waals surface area contributed by atoms with Gasteiger partial charge < -0.3 is 19.3 Å². The van der Waals surface area contributed by atoms with Crippen molar-refractivity contribution in [1.29, 1.82) is 0 Å². The van der Waals surface area contributed by atoms with Crippen molar-refractivity contribution in [2.24, 2.45) is 5.92 Å². The Morgan fingerprint density at radius 2 is 2.05 bits per heavy atom. The number of allylic oxidation sites excluding steroid dienone is 1. The third kappa shape index (κ3) is 6.42. The molecule has 39 heavy (non-hydrogen) atoms. The molecular weight excluding hydrogens is 506 g/mol. The number of fused-ring (bicyclic) bond motifs is 1. The predicted octanol–water partition coefficient (Wildman–Crippen LogP) is 2.43. The number of ether oxygens (including phenoxy) is 3. The Morgan fingerprint density at radius 1 is 1.23 bits per heavy atom. The number of carboxylic acids is 1. The van der Waals surface area contributed by atoms with Crippen LogP contribution in [0.2, 0.25) is 0 Å². The van der Waals surface area contributed by atoms with Gasteiger partial charge in [-0.2, -0.15) is 4.58 Å². The molecule has 3 aliphatic rings. The van der Waals surface area contributed by atoms with Gasteiger partial charge in [-0.15, -0.1) is 0 Å². The lowest BCUT2D eigenvalue weighted by Crippen LogP contribution is -2.45. The van der Waals surface area contributed by atoms with Crippen molar-refractivity contribution in [1.82, 2.24) is 9.96 Å². The fourth-order valence-corrected chi connectivity index (χ4v) is 5.48. The molecule has 3 aliphatic heterocycles. The number of carboxylic acid groups (broad SMARTS) is 1. The number of carbonyl (C=O) groups is 3. The van der Waals surface area contributed by atoms with E-state index < -0.39 is 23.8 Å². The first-order valence-corrected chi connectivity index (χ1v) is 13.5. The largest absolute Gasteiger partial charge is 0.493 e. The van der Waals surface area contributed by atoms with Gasteiger partial charge in [-0.25, -0.2) is 9.86 Å². The number of amides is 2. The van der Waals surface area contributed by atoms with Crippen LogP contribution >= 0.6 is 0 Å². The molecule has 1 saturated heterocycles. The SMILES string of the molecule is CCCON(CCC)C(=O)CN1C[C@H](c2cc(OC)c3c(c2)OCO3)[C@@H](C(=O)O)[C@@H]1CC[N+]1=CC=CCC1=O. The zero-order valence-corrected chi connectivity index (χ0v) is 22.8. The van der Waals surface area contributed by atoms with E-state index in [1.54, 1.807) is 29.0 Å². The number of hydrogen-bond acceptors (Lipinski definition) is 8. The summed E-state index contributed by atoms with van der Waals surface area (Å²) in [6.07, 6.45) is 7.53. The highest BCUT2D eigenvalue weighted by atomic mass is 16.7. The van der Waals surface area contributed by atoms with Crippen LogP contribution in [0.4, 0.5) is 0 Å². The molecule has 212 valence electrons. The van der Waals surface area contributed by atoms with E-state index in [1.807, 2.05) is 24.8 Å². The van der Waals surface area contributed by atoms with E-state index in [0.717, 1.165) is 18.4 Å². The Bertz CT molecular complexity index is 1130. The van der Waals surface area contributed by atoms with Gasteiger partial charge in [0, 0.05) is 31.5 Å². The number of carbonyl (C=O) groups excluding carboxylic acids is 2. The van der Waals surface area contributed by atoms with Crippen LogP contribution in [0.15, 0.2) is 24.3 Å². The van der Waals surface area contributed by atoms with E-state index in [4.69, 9.17) is 19.0 Å². The Hall–Kier alpha value is -3.44. The summed E-state index contributed by atoms with van der Waals surface area (Å²) in [6.45, 7) is 5.57. The van der Waals surface area contributed by atoms with Crippen molar-refractivity contribution in [2.45, 2.75) is 51.5 Å². The molecule has 0 saturated carbocycles. The summed E-state index contributed by atoms with van der Waals surface area (Å²) in [5.74, 6) is -1.02. The first-order chi connectivity index (χ1) is 18.9. The average molecular weight is 545 g/mol. The van der Waals surface area contributed by atoms with Crippen LogP contribution in [0, 0.1) is 5.92 Å². The van der Waals surface area contributed by atoms with Gasteiger partial charge in [-0.3, -0.25) is 19.3 Å². The van der Waals surface area contributed by atoms with E-state index in [2.05, 4.69) is 0 Å². The maximum atomic E-state index is 13.3. The molecule has 3 atom stereocenters. The van der Waals surface area contributed by atoms with Crippen molar-refractivity contribution in [2.75, 3.05) is 46.7 Å². The van der Waals surface area contributed by atoms with Crippen LogP contribution in [0.3, 0.4) is 0 Å². The van der Waals surface area contributed by atoms with Gasteiger partial charge in [-0.05, 0) is 36.6 Å². The van der Waals surface area contributed by atoms with Gasteiger partial charge in [0.1, 0.15) is 0 Å². The zero-order chi connectivity index (χ0) is 27.9. The second-order valence-corrected chi connectivity index (χ2v) is 9.91. The molecule has 1 fully saturated rings. The van der Waals surface area contributed by atoms with Crippen LogP contribution < -0.4 is 14.2 Å². The number of hydrogen-bond donors (Lipinski definition) is 1. The maximum absolute atomic E-state index is 13.3. The van der Waals surface area contributed by atoms with E-state index in [-0.39, 0.29) is 25.2 Å². The fourth-order valence-electron chi connectivity index (χ4n) is 5.48. The smallest absolute Gasteiger partial charge is 0.390 e. The molecule has 2 amide bonds. The lowest BCUT2D eigenvalue weighted by molar-refractivity contribution is -0.446. The fraction of sp³-hybridized carbons (Fsp3) is 0.571. The molecule has 0 radical (unpaired) electrons. The third-order valence-corrected chi connectivity index (χ3v) is 7.32. The lowest BCUT2D eigenvalue weighted by Gasteiger charge is -2.28. The van der Waals surface area contributed by atoms with Crippen LogP contribution in [0.1, 0.15) is 51.0 Å². The monoisotopic (exact) mass is 544 g/mol. The highest BCUT2D eigenvalue weighted by Crippen LogP contribution is 2.47. The maximum Gasteiger partial charge on any atom is 0.390 e. The summed E-state index contributed by atoms with van der Waals surface area (Å²) in [5.41, 5.74) is 0.736. The Kier molecular flexibility index (Phi) is 9.58. The molecule has 0 bridgehead atoms. The van der Waals surface area contributed by atoms with Crippen LogP contribution in [-0.4, -0.2) is 96.4 Å². The summed E-state index contributed by atoms with van der Waals surface area (Å²) in [6, 6.07) is 3.10. The van der Waals surface area contributed by atoms with Crippen LogP contribution in [0.5, 0.6) is 17.2 Å². The molecule has 0 spiro atoms. The van der Waals surface area contributed by atoms with E-state index in [9.17, 15) is 19.5 Å². The minimum atomic E-state index is -0.960. The quantitative estimate of drug-likeness (QED) is 0.295. The second kappa shape index (κ2) is 13.1. The number of hydroxylamine groups is 2. The zero-order valence-electron chi connectivity index (χ0n) is 22.8. The highest BCUT2D eigenvalue weighted by Gasteiger charge is 2.48. The number of rotatable bonds is 13. The normalized spacial score (nSPS) is 22.2. The molecule has 4 rings (SSSR count). The molecule has 1 aromatic carbocycles. The molecule has 0 unspecified atom stereocenters. The van der Waals surface area contributed by atoms with E-state index in [0.29, 0.717) is 56.3 Å². The lowest BCUT2D eigenvalue weighted by atomic mass is 9.84. The van der Waals surface area contributed by atoms with Gasteiger partial charge in [0.15, 0.2) is 24.3 Å². The minimum absolute atomic E-state index is 0.00785. The molecule has 11 nitrogen and oxygen atoms in total. The van der Waals surface area contributed by atoms with Crippen LogP contribution in [0.25, 0.3) is 0 Å². The molecule has 0 aromatic heterocycles. The topological polar surface area (TPSA) is 118 Å². The molecular formula is C28H38N3O8+. The molecule has 0 aliphatic carbocycles. The van der Waals surface area contributed by atoms with Crippen molar-refractivity contribution in [3.8, 4) is 17.2 Å². The van der Waals surface area contributed by atoms with Crippen molar-refractivity contribution >= 4 is 24.0 Å². The van der Waals surface area contributed by atoms with Gasteiger partial charge >= 0.3 is 11.9 Å². The Labute approximate surface area is 228 Å². The standard InChI is InChI=1S/C28H37N3O8/c1-4-10-31(39-13-5-2)25(33)17-30-16-20(19-14-22(36-3)27-23(15-19)37-18-38-27)26(28(34)35)21(30)9-12-29-11-7-6-8-24(29)32/h6-7,11,14-15,20-21,26H,4-5,8-10,12-13,16-18H2,1-3H3/p+1/t20-,21+,26-/m1/s1. The van der Waals surface area contributed by atoms with E-state index in [1.165, 1.54) is 12.2 Å². The second-order valence-electron chi connectivity index (χ2n) is 9.91. The highest BCUT2D eigenvalue weighted by molar-refractivity contribution is 5.81. The van der Waals surface area contributed by atoms with Crippen molar-refractivity contribution in [3.63, 3.8) is 0 Å². The first kappa shape index (κ1) is 28.6. The molecule has 11 heteroatoms. The summed E-state index contributed by atoms with van der Waals surface area (Å²) >= 11 is 0. The molecule has 1 aromatic rings. The molecule has 3 heterocycles. The Morgan fingerprint density at radius 3 is 2.74 bits per heavy atom. The predicted molar refractivity (Wildman–Crippen MR) is 141 cm³/mol. The minimum Gasteiger partial charge on any atom is -0.493 e. The van der Waals surface area contributed by atoms with E-state index >= 15 is 0 Å². The van der Waals surface area contributed by atoms with Gasteiger partial charge in [0.2, 0.25) is 12.5 Å². The van der Waals surface area contributed by atoms with Crippen molar-refractivity contribution < 1.29 is 43.1 Å². The number of nitrogens with zero attached hydrogens (tertiary/aromatic N) is 3. The number of aliphatic carboxylic acids is 1. The first-order valence-electron chi connectivity index (χ1n) is 13.5. The molecule has 1 N–H and O–H groups in total. The average Bonchev–Trinajstić information content (AvgIpc) is 3.54. The number of benzene rings is 1. The summed E-state index contributed by atoms with van der Waals surface area (Å²) in [4.78, 5) is 46.1. The summed E-state index contributed by atoms with van der Waals surface area (Å²) < 4.78 is 18.2. The van der Waals surface area contributed by atoms with Gasteiger partial charge in [-0.1, -0.05) is 19.9 Å². The van der Waals surface area contributed by atoms with Crippen LogP contribution in [-0.2, 0) is 19.2 Å². The Balaban J connectivity index is 1.64. The van der Waals surface area contributed by atoms with Crippen molar-refractivity contribution in [3.05, 3.63) is 29.8 Å².